The quantitative estimate of drug-likeness (QED) is 0.654. The minimum absolute atomic E-state index is 0.114. The normalized spacial score (nSPS) is 10.4. The van der Waals surface area contributed by atoms with Crippen molar-refractivity contribution in [3.05, 3.63) is 83.4 Å². The molecule has 0 spiro atoms. The molecule has 132 valence electrons. The van der Waals surface area contributed by atoms with Crippen LogP contribution in [0.15, 0.2) is 60.8 Å². The number of H-pyrrole nitrogens is 1. The minimum atomic E-state index is -0.354. The summed E-state index contributed by atoms with van der Waals surface area (Å²) in [6.07, 6.45) is 1.50. The van der Waals surface area contributed by atoms with Crippen molar-refractivity contribution < 1.29 is 18.7 Å². The Morgan fingerprint density at radius 3 is 2.58 bits per heavy atom. The van der Waals surface area contributed by atoms with Crippen LogP contribution in [0, 0.1) is 5.82 Å². The number of nitrogens with one attached hydrogen (secondary N) is 2. The molecule has 0 atom stereocenters. The first-order valence-electron chi connectivity index (χ1n) is 7.99. The molecule has 0 bridgehead atoms. The van der Waals surface area contributed by atoms with E-state index in [4.69, 9.17) is 4.74 Å². The average Bonchev–Trinajstić information content (AvgIpc) is 3.12. The van der Waals surface area contributed by atoms with Crippen LogP contribution in [0.25, 0.3) is 0 Å². The van der Waals surface area contributed by atoms with Crippen molar-refractivity contribution >= 4 is 17.4 Å². The number of aromatic amines is 1. The van der Waals surface area contributed by atoms with Gasteiger partial charge in [0.2, 0.25) is 0 Å². The Bertz CT molecular complexity index is 932. The molecule has 0 saturated carbocycles. The van der Waals surface area contributed by atoms with E-state index in [9.17, 15) is 14.0 Å². The summed E-state index contributed by atoms with van der Waals surface area (Å²) >= 11 is 0. The Hall–Kier alpha value is -3.41. The van der Waals surface area contributed by atoms with Crippen LogP contribution in [0.1, 0.15) is 33.3 Å². The zero-order valence-corrected chi connectivity index (χ0v) is 14.1. The van der Waals surface area contributed by atoms with Crippen LogP contribution in [0.4, 0.5) is 10.1 Å². The molecule has 0 unspecified atom stereocenters. The van der Waals surface area contributed by atoms with E-state index in [0.29, 0.717) is 22.7 Å². The van der Waals surface area contributed by atoms with Crippen LogP contribution >= 0.6 is 0 Å². The van der Waals surface area contributed by atoms with Crippen molar-refractivity contribution in [2.75, 3.05) is 5.32 Å². The molecule has 1 aromatic heterocycles. The van der Waals surface area contributed by atoms with Gasteiger partial charge in [0.05, 0.1) is 0 Å². The van der Waals surface area contributed by atoms with Gasteiger partial charge < -0.3 is 15.0 Å². The van der Waals surface area contributed by atoms with Gasteiger partial charge in [0.1, 0.15) is 23.9 Å². The fraction of sp³-hybridized carbons (Fsp3) is 0.100. The summed E-state index contributed by atoms with van der Waals surface area (Å²) in [4.78, 5) is 26.3. The van der Waals surface area contributed by atoms with E-state index in [1.165, 1.54) is 31.3 Å². The van der Waals surface area contributed by atoms with Crippen molar-refractivity contribution in [3.8, 4) is 5.75 Å². The van der Waals surface area contributed by atoms with Crippen molar-refractivity contribution in [1.82, 2.24) is 4.98 Å². The van der Waals surface area contributed by atoms with Gasteiger partial charge in [0.15, 0.2) is 5.78 Å². The van der Waals surface area contributed by atoms with Crippen molar-refractivity contribution in [2.24, 2.45) is 0 Å². The Balaban J connectivity index is 1.63. The molecule has 5 nitrogen and oxygen atoms in total. The first-order valence-corrected chi connectivity index (χ1v) is 7.99. The second kappa shape index (κ2) is 7.65. The molecule has 2 aromatic carbocycles. The fourth-order valence-corrected chi connectivity index (χ4v) is 2.34. The van der Waals surface area contributed by atoms with E-state index >= 15 is 0 Å². The van der Waals surface area contributed by atoms with Crippen LogP contribution in [0.3, 0.4) is 0 Å². The fourth-order valence-electron chi connectivity index (χ4n) is 2.34. The number of ketones is 1. The van der Waals surface area contributed by atoms with Gasteiger partial charge >= 0.3 is 0 Å². The monoisotopic (exact) mass is 352 g/mol. The molecule has 0 aliphatic carbocycles. The number of benzene rings is 2. The molecule has 26 heavy (non-hydrogen) atoms. The van der Waals surface area contributed by atoms with E-state index in [0.717, 1.165) is 5.56 Å². The van der Waals surface area contributed by atoms with Crippen LogP contribution in [0.5, 0.6) is 5.75 Å². The number of halogens is 1. The number of Topliss-reactive ketones (excluding diaryl/α,β-unsaturated/α-hetero) is 1. The molecule has 1 amide bonds. The Kier molecular flexibility index (Phi) is 5.12. The predicted octanol–water partition coefficient (Wildman–Crippen LogP) is 4.19. The molecule has 0 saturated heterocycles. The van der Waals surface area contributed by atoms with E-state index in [2.05, 4.69) is 10.3 Å². The number of hydrogen-bond acceptors (Lipinski definition) is 3. The lowest BCUT2D eigenvalue weighted by atomic mass is 10.2. The molecule has 3 aromatic rings. The van der Waals surface area contributed by atoms with Gasteiger partial charge in [0.25, 0.3) is 5.91 Å². The van der Waals surface area contributed by atoms with Crippen LogP contribution in [-0.4, -0.2) is 16.7 Å². The predicted molar refractivity (Wildman–Crippen MR) is 95.9 cm³/mol. The molecule has 0 aliphatic rings. The zero-order chi connectivity index (χ0) is 18.5. The minimum Gasteiger partial charge on any atom is -0.489 e. The molecule has 3 rings (SSSR count). The number of carbonyl (C=O) groups excluding carboxylic acids is 2. The van der Waals surface area contributed by atoms with Gasteiger partial charge in [-0.05, 0) is 42.8 Å². The average molecular weight is 352 g/mol. The highest BCUT2D eigenvalue weighted by atomic mass is 19.1. The third-order valence-electron chi connectivity index (χ3n) is 3.74. The number of anilines is 1. The standard InChI is InChI=1S/C20H17FN2O3/c1-13(24)15-9-19(22-11-15)20(25)23-17-3-2-4-18(10-17)26-12-14-5-7-16(21)8-6-14/h2-11,22H,12H2,1H3,(H,23,25). The summed E-state index contributed by atoms with van der Waals surface area (Å²) < 4.78 is 18.6. The van der Waals surface area contributed by atoms with Crippen molar-refractivity contribution in [1.29, 1.82) is 0 Å². The van der Waals surface area contributed by atoms with E-state index in [1.807, 2.05) is 0 Å². The molecular weight excluding hydrogens is 335 g/mol. The molecule has 6 heteroatoms. The number of carbonyl (C=O) groups is 2. The first-order chi connectivity index (χ1) is 12.5. The summed E-state index contributed by atoms with van der Waals surface area (Å²) in [6, 6.07) is 14.5. The van der Waals surface area contributed by atoms with Crippen molar-refractivity contribution in [2.45, 2.75) is 13.5 Å². The van der Waals surface area contributed by atoms with E-state index in [1.54, 1.807) is 36.4 Å². The van der Waals surface area contributed by atoms with E-state index in [-0.39, 0.29) is 24.1 Å². The maximum absolute atomic E-state index is 12.9. The maximum Gasteiger partial charge on any atom is 0.272 e. The zero-order valence-electron chi connectivity index (χ0n) is 14.1. The van der Waals surface area contributed by atoms with Gasteiger partial charge in [-0.1, -0.05) is 18.2 Å². The highest BCUT2D eigenvalue weighted by Crippen LogP contribution is 2.19. The first kappa shape index (κ1) is 17.4. The highest BCUT2D eigenvalue weighted by Gasteiger charge is 2.11. The topological polar surface area (TPSA) is 71.2 Å². The lowest BCUT2D eigenvalue weighted by Gasteiger charge is -2.09. The third-order valence-corrected chi connectivity index (χ3v) is 3.74. The van der Waals surface area contributed by atoms with Crippen LogP contribution in [0.2, 0.25) is 0 Å². The lowest BCUT2D eigenvalue weighted by molar-refractivity contribution is 0.101. The second-order valence-electron chi connectivity index (χ2n) is 5.76. The van der Waals surface area contributed by atoms with Crippen LogP contribution in [-0.2, 0) is 6.61 Å². The van der Waals surface area contributed by atoms with Crippen molar-refractivity contribution in [3.63, 3.8) is 0 Å². The number of ether oxygens (including phenoxy) is 1. The highest BCUT2D eigenvalue weighted by molar-refractivity contribution is 6.05. The molecule has 0 radical (unpaired) electrons. The van der Waals surface area contributed by atoms with Gasteiger partial charge in [0, 0.05) is 23.5 Å². The number of hydrogen-bond donors (Lipinski definition) is 2. The summed E-state index contributed by atoms with van der Waals surface area (Å²) in [7, 11) is 0. The molecule has 1 heterocycles. The summed E-state index contributed by atoms with van der Waals surface area (Å²) in [6.45, 7) is 1.73. The van der Waals surface area contributed by atoms with Gasteiger partial charge in [-0.25, -0.2) is 4.39 Å². The number of aromatic nitrogens is 1. The molecule has 2 N–H and O–H groups in total. The Labute approximate surface area is 149 Å². The van der Waals surface area contributed by atoms with Gasteiger partial charge in [-0.3, -0.25) is 9.59 Å². The van der Waals surface area contributed by atoms with E-state index < -0.39 is 0 Å². The smallest absolute Gasteiger partial charge is 0.272 e. The number of amides is 1. The number of rotatable bonds is 6. The largest absolute Gasteiger partial charge is 0.489 e. The molecule has 0 fully saturated rings. The summed E-state index contributed by atoms with van der Waals surface area (Å²) in [5.74, 6) is -0.191. The molecule has 0 aliphatic heterocycles. The Morgan fingerprint density at radius 1 is 1.12 bits per heavy atom. The summed E-state index contributed by atoms with van der Waals surface area (Å²) in [5, 5.41) is 2.75. The maximum atomic E-state index is 12.9. The second-order valence-corrected chi connectivity index (χ2v) is 5.76. The van der Waals surface area contributed by atoms with Gasteiger partial charge in [-0.2, -0.15) is 0 Å². The summed E-state index contributed by atoms with van der Waals surface area (Å²) in [5.41, 5.74) is 2.15. The Morgan fingerprint density at radius 2 is 1.88 bits per heavy atom. The van der Waals surface area contributed by atoms with Crippen LogP contribution < -0.4 is 10.1 Å². The lowest BCUT2D eigenvalue weighted by Crippen LogP contribution is -2.12. The van der Waals surface area contributed by atoms with Gasteiger partial charge in [-0.15, -0.1) is 0 Å². The SMILES string of the molecule is CC(=O)c1c[nH]c(C(=O)Nc2cccc(OCc3ccc(F)cc3)c2)c1. The molecular formula is C20H17FN2O3. The third kappa shape index (κ3) is 4.36.